The van der Waals surface area contributed by atoms with Crippen molar-refractivity contribution in [2.45, 2.75) is 0 Å². The van der Waals surface area contributed by atoms with E-state index in [1.165, 1.54) is 24.3 Å². The molecule has 1 heterocycles. The first-order valence-electron chi connectivity index (χ1n) is 7.40. The lowest BCUT2D eigenvalue weighted by atomic mass is 10.1. The third-order valence-corrected chi connectivity index (χ3v) is 4.46. The Labute approximate surface area is 158 Å². The summed E-state index contributed by atoms with van der Waals surface area (Å²) in [6.45, 7) is 0. The molecule has 3 aromatic rings. The van der Waals surface area contributed by atoms with Gasteiger partial charge in [-0.25, -0.2) is 0 Å². The number of allylic oxidation sites excluding steroid dienone is 1. The standard InChI is InChI=1S/C19H10Cl2N2O3/c20-17-3-1-2-16(19(17)21)18-9-8-15(26-18)10-13(11-22)12-4-6-14(7-5-12)23(24)25/h1-10H/b13-10-. The molecule has 0 unspecified atom stereocenters. The number of benzene rings is 2. The molecule has 7 heteroatoms. The third-order valence-electron chi connectivity index (χ3n) is 3.64. The second kappa shape index (κ2) is 7.44. The zero-order chi connectivity index (χ0) is 18.7. The highest BCUT2D eigenvalue weighted by molar-refractivity contribution is 6.43. The second-order valence-corrected chi connectivity index (χ2v) is 6.06. The summed E-state index contributed by atoms with van der Waals surface area (Å²) < 4.78 is 5.74. The largest absolute Gasteiger partial charge is 0.457 e. The van der Waals surface area contributed by atoms with Gasteiger partial charge < -0.3 is 4.42 Å². The molecule has 0 aliphatic heterocycles. The van der Waals surface area contributed by atoms with Crippen molar-refractivity contribution < 1.29 is 9.34 Å². The van der Waals surface area contributed by atoms with Crippen LogP contribution in [-0.2, 0) is 0 Å². The number of furan rings is 1. The van der Waals surface area contributed by atoms with Gasteiger partial charge in [0, 0.05) is 17.7 Å². The fraction of sp³-hybridized carbons (Fsp3) is 0. The van der Waals surface area contributed by atoms with E-state index in [9.17, 15) is 15.4 Å². The van der Waals surface area contributed by atoms with E-state index in [1.54, 1.807) is 36.4 Å². The molecule has 0 saturated heterocycles. The minimum atomic E-state index is -0.493. The van der Waals surface area contributed by atoms with Crippen molar-refractivity contribution in [3.8, 4) is 17.4 Å². The Morgan fingerprint density at radius 1 is 1.12 bits per heavy atom. The quantitative estimate of drug-likeness (QED) is 0.303. The fourth-order valence-electron chi connectivity index (χ4n) is 2.35. The highest BCUT2D eigenvalue weighted by Gasteiger charge is 2.12. The predicted octanol–water partition coefficient (Wildman–Crippen LogP) is 6.23. The molecule has 0 N–H and O–H groups in total. The molecular formula is C19H10Cl2N2O3. The summed E-state index contributed by atoms with van der Waals surface area (Å²) in [6, 6.07) is 16.5. The van der Waals surface area contributed by atoms with Crippen molar-refractivity contribution in [3.05, 3.63) is 86.1 Å². The summed E-state index contributed by atoms with van der Waals surface area (Å²) in [5.41, 5.74) is 1.48. The number of nitrogens with zero attached hydrogens (tertiary/aromatic N) is 2. The first-order valence-corrected chi connectivity index (χ1v) is 8.16. The van der Waals surface area contributed by atoms with Crippen molar-refractivity contribution in [1.29, 1.82) is 5.26 Å². The number of rotatable bonds is 4. The number of hydrogen-bond donors (Lipinski definition) is 0. The van der Waals surface area contributed by atoms with E-state index in [1.807, 2.05) is 0 Å². The summed E-state index contributed by atoms with van der Waals surface area (Å²) in [4.78, 5) is 10.2. The average Bonchev–Trinajstić information content (AvgIpc) is 3.10. The van der Waals surface area contributed by atoms with Gasteiger partial charge in [0.2, 0.25) is 0 Å². The SMILES string of the molecule is N#C/C(=C/c1ccc(-c2cccc(Cl)c2Cl)o1)c1ccc([N+](=O)[O-])cc1. The minimum Gasteiger partial charge on any atom is -0.457 e. The van der Waals surface area contributed by atoms with Gasteiger partial charge in [-0.15, -0.1) is 0 Å². The van der Waals surface area contributed by atoms with Crippen LogP contribution in [0.2, 0.25) is 10.0 Å². The van der Waals surface area contributed by atoms with Crippen LogP contribution < -0.4 is 0 Å². The van der Waals surface area contributed by atoms with E-state index in [-0.39, 0.29) is 5.69 Å². The van der Waals surface area contributed by atoms with Crippen LogP contribution in [-0.4, -0.2) is 4.92 Å². The number of nitro groups is 1. The lowest BCUT2D eigenvalue weighted by molar-refractivity contribution is -0.384. The summed E-state index contributed by atoms with van der Waals surface area (Å²) >= 11 is 12.2. The Hall–Kier alpha value is -3.07. The van der Waals surface area contributed by atoms with Crippen LogP contribution in [0.5, 0.6) is 0 Å². The van der Waals surface area contributed by atoms with Crippen LogP contribution in [0.15, 0.2) is 59.0 Å². The predicted molar refractivity (Wildman–Crippen MR) is 101 cm³/mol. The van der Waals surface area contributed by atoms with E-state index in [0.29, 0.717) is 38.3 Å². The number of halogens is 2. The van der Waals surface area contributed by atoms with Crippen molar-refractivity contribution in [3.63, 3.8) is 0 Å². The highest BCUT2D eigenvalue weighted by Crippen LogP contribution is 2.35. The first-order chi connectivity index (χ1) is 12.5. The van der Waals surface area contributed by atoms with Gasteiger partial charge in [-0.1, -0.05) is 29.3 Å². The molecule has 1 aromatic heterocycles. The molecule has 26 heavy (non-hydrogen) atoms. The van der Waals surface area contributed by atoms with Crippen LogP contribution in [0.25, 0.3) is 23.0 Å². The van der Waals surface area contributed by atoms with Crippen molar-refractivity contribution in [2.75, 3.05) is 0 Å². The molecule has 0 radical (unpaired) electrons. The van der Waals surface area contributed by atoms with Crippen LogP contribution >= 0.6 is 23.2 Å². The molecule has 0 aliphatic rings. The van der Waals surface area contributed by atoms with Crippen molar-refractivity contribution >= 4 is 40.5 Å². The average molecular weight is 385 g/mol. The number of nitriles is 1. The Balaban J connectivity index is 1.94. The zero-order valence-corrected chi connectivity index (χ0v) is 14.7. The van der Waals surface area contributed by atoms with Crippen LogP contribution in [0, 0.1) is 21.4 Å². The van der Waals surface area contributed by atoms with Gasteiger partial charge in [0.25, 0.3) is 5.69 Å². The summed E-state index contributed by atoms with van der Waals surface area (Å²) in [7, 11) is 0. The maximum Gasteiger partial charge on any atom is 0.269 e. The van der Waals surface area contributed by atoms with Gasteiger partial charge >= 0.3 is 0 Å². The Morgan fingerprint density at radius 2 is 1.85 bits per heavy atom. The molecule has 0 atom stereocenters. The monoisotopic (exact) mass is 384 g/mol. The van der Waals surface area contributed by atoms with Gasteiger partial charge in [0.15, 0.2) is 0 Å². The van der Waals surface area contributed by atoms with E-state index >= 15 is 0 Å². The smallest absolute Gasteiger partial charge is 0.269 e. The van der Waals surface area contributed by atoms with E-state index in [4.69, 9.17) is 27.6 Å². The Morgan fingerprint density at radius 3 is 2.50 bits per heavy atom. The van der Waals surface area contributed by atoms with Crippen molar-refractivity contribution in [1.82, 2.24) is 0 Å². The zero-order valence-electron chi connectivity index (χ0n) is 13.1. The fourth-order valence-corrected chi connectivity index (χ4v) is 2.75. The van der Waals surface area contributed by atoms with Gasteiger partial charge in [-0.3, -0.25) is 10.1 Å². The molecule has 0 spiro atoms. The Bertz CT molecular complexity index is 1050. The summed E-state index contributed by atoms with van der Waals surface area (Å²) in [5.74, 6) is 0.968. The molecule has 2 aromatic carbocycles. The van der Waals surface area contributed by atoms with E-state index in [0.717, 1.165) is 0 Å². The molecule has 0 amide bonds. The molecule has 3 rings (SSSR count). The number of nitro benzene ring substituents is 1. The maximum absolute atomic E-state index is 10.7. The summed E-state index contributed by atoms with van der Waals surface area (Å²) in [5, 5.41) is 20.9. The third kappa shape index (κ3) is 3.62. The van der Waals surface area contributed by atoms with Gasteiger partial charge in [-0.05, 0) is 48.0 Å². The van der Waals surface area contributed by atoms with Crippen molar-refractivity contribution in [2.24, 2.45) is 0 Å². The molecular weight excluding hydrogens is 375 g/mol. The summed E-state index contributed by atoms with van der Waals surface area (Å²) in [6.07, 6.45) is 1.56. The van der Waals surface area contributed by atoms with E-state index in [2.05, 4.69) is 6.07 Å². The molecule has 0 aliphatic carbocycles. The second-order valence-electron chi connectivity index (χ2n) is 5.28. The first kappa shape index (κ1) is 17.7. The van der Waals surface area contributed by atoms with Gasteiger partial charge in [0.1, 0.15) is 11.5 Å². The highest BCUT2D eigenvalue weighted by atomic mass is 35.5. The van der Waals surface area contributed by atoms with Crippen LogP contribution in [0.3, 0.4) is 0 Å². The van der Waals surface area contributed by atoms with Crippen LogP contribution in [0.4, 0.5) is 5.69 Å². The molecule has 0 fully saturated rings. The molecule has 0 saturated carbocycles. The van der Waals surface area contributed by atoms with E-state index < -0.39 is 4.92 Å². The lowest BCUT2D eigenvalue weighted by Crippen LogP contribution is -1.88. The normalized spacial score (nSPS) is 11.2. The number of non-ortho nitro benzene ring substituents is 1. The minimum absolute atomic E-state index is 0.0399. The topological polar surface area (TPSA) is 80.1 Å². The van der Waals surface area contributed by atoms with Crippen LogP contribution in [0.1, 0.15) is 11.3 Å². The molecule has 5 nitrogen and oxygen atoms in total. The molecule has 0 bridgehead atoms. The van der Waals surface area contributed by atoms with Gasteiger partial charge in [-0.2, -0.15) is 5.26 Å². The lowest BCUT2D eigenvalue weighted by Gasteiger charge is -2.02. The Kier molecular flexibility index (Phi) is 5.08. The maximum atomic E-state index is 10.7. The van der Waals surface area contributed by atoms with Gasteiger partial charge in [0.05, 0.1) is 26.6 Å². The number of hydrogen-bond acceptors (Lipinski definition) is 4. The molecule has 128 valence electrons.